The van der Waals surface area contributed by atoms with Crippen molar-refractivity contribution in [3.05, 3.63) is 29.5 Å². The average Bonchev–Trinajstić information content (AvgIpc) is 3.11. The molecule has 3 rings (SSSR count). The van der Waals surface area contributed by atoms with E-state index >= 15 is 0 Å². The summed E-state index contributed by atoms with van der Waals surface area (Å²) < 4.78 is 38.4. The molecule has 1 aliphatic heterocycles. The number of hydrogen-bond acceptors (Lipinski definition) is 7. The predicted molar refractivity (Wildman–Crippen MR) is 93.0 cm³/mol. The number of fused-ring (bicyclic) bond motifs is 1. The van der Waals surface area contributed by atoms with Crippen molar-refractivity contribution in [2.75, 3.05) is 25.2 Å². The van der Waals surface area contributed by atoms with E-state index in [1.54, 1.807) is 32.2 Å². The fourth-order valence-electron chi connectivity index (χ4n) is 2.90. The molecule has 1 N–H and O–H groups in total. The second-order valence-electron chi connectivity index (χ2n) is 6.16. The van der Waals surface area contributed by atoms with Crippen molar-refractivity contribution < 1.29 is 31.9 Å². The van der Waals surface area contributed by atoms with Gasteiger partial charge in [0.25, 0.3) is 5.91 Å². The van der Waals surface area contributed by atoms with Crippen LogP contribution in [0.25, 0.3) is 11.0 Å². The van der Waals surface area contributed by atoms with Gasteiger partial charge in [0.1, 0.15) is 11.3 Å². The lowest BCUT2D eigenvalue weighted by Crippen LogP contribution is -2.38. The molecular weight excluding hydrogens is 362 g/mol. The van der Waals surface area contributed by atoms with E-state index in [9.17, 15) is 18.0 Å². The molecule has 0 radical (unpaired) electrons. The van der Waals surface area contributed by atoms with E-state index in [1.165, 1.54) is 0 Å². The SMILES string of the molecule is COc1ccc2oc(C(=O)OCC(=O)NC3CCS(=O)(=O)C3)c(C)c2c1. The fraction of sp³-hybridized carbons (Fsp3) is 0.412. The van der Waals surface area contributed by atoms with Crippen LogP contribution in [-0.4, -0.2) is 51.6 Å². The Morgan fingerprint density at radius 3 is 2.77 bits per heavy atom. The van der Waals surface area contributed by atoms with Crippen LogP contribution >= 0.6 is 0 Å². The van der Waals surface area contributed by atoms with Crippen LogP contribution in [0.2, 0.25) is 0 Å². The first kappa shape index (κ1) is 18.2. The standard InChI is InChI=1S/C17H19NO7S/c1-10-13-7-12(23-2)3-4-14(13)25-16(10)17(20)24-8-15(19)18-11-5-6-26(21,22)9-11/h3-4,7,11H,5-6,8-9H2,1-2H3,(H,18,19). The average molecular weight is 381 g/mol. The highest BCUT2D eigenvalue weighted by Gasteiger charge is 2.29. The Labute approximate surface area is 150 Å². The van der Waals surface area contributed by atoms with Crippen LogP contribution in [0.15, 0.2) is 22.6 Å². The zero-order chi connectivity index (χ0) is 18.9. The van der Waals surface area contributed by atoms with E-state index in [0.29, 0.717) is 23.3 Å². The molecule has 9 heteroatoms. The zero-order valence-electron chi connectivity index (χ0n) is 14.4. The minimum atomic E-state index is -3.09. The fourth-order valence-corrected chi connectivity index (χ4v) is 4.57. The molecule has 1 fully saturated rings. The van der Waals surface area contributed by atoms with Gasteiger partial charge in [0, 0.05) is 17.0 Å². The molecule has 0 spiro atoms. The molecule has 1 aromatic carbocycles. The number of furan rings is 1. The molecular formula is C17H19NO7S. The number of carbonyl (C=O) groups excluding carboxylic acids is 2. The number of sulfone groups is 1. The third-order valence-electron chi connectivity index (χ3n) is 4.26. The molecule has 140 valence electrons. The van der Waals surface area contributed by atoms with Crippen molar-refractivity contribution in [3.63, 3.8) is 0 Å². The lowest BCUT2D eigenvalue weighted by molar-refractivity contribution is -0.124. The van der Waals surface area contributed by atoms with Crippen LogP contribution in [0.5, 0.6) is 5.75 Å². The summed E-state index contributed by atoms with van der Waals surface area (Å²) in [4.78, 5) is 24.1. The Kier molecular flexibility index (Phi) is 4.90. The van der Waals surface area contributed by atoms with Gasteiger partial charge in [-0.1, -0.05) is 0 Å². The molecule has 2 heterocycles. The van der Waals surface area contributed by atoms with Gasteiger partial charge in [-0.25, -0.2) is 13.2 Å². The third-order valence-corrected chi connectivity index (χ3v) is 6.03. The molecule has 2 aromatic rings. The van der Waals surface area contributed by atoms with Crippen molar-refractivity contribution in [2.45, 2.75) is 19.4 Å². The molecule has 1 aromatic heterocycles. The summed E-state index contributed by atoms with van der Waals surface area (Å²) in [6, 6.07) is 4.71. The number of carbonyl (C=O) groups is 2. The van der Waals surface area contributed by atoms with Gasteiger partial charge in [-0.05, 0) is 31.5 Å². The number of amides is 1. The number of esters is 1. The Hall–Kier alpha value is -2.55. The van der Waals surface area contributed by atoms with Crippen LogP contribution in [0.1, 0.15) is 22.5 Å². The van der Waals surface area contributed by atoms with E-state index in [-0.39, 0.29) is 17.3 Å². The zero-order valence-corrected chi connectivity index (χ0v) is 15.2. The molecule has 1 atom stereocenters. The lowest BCUT2D eigenvalue weighted by atomic mass is 10.1. The van der Waals surface area contributed by atoms with E-state index in [4.69, 9.17) is 13.9 Å². The smallest absolute Gasteiger partial charge is 0.375 e. The van der Waals surface area contributed by atoms with Gasteiger partial charge in [0.2, 0.25) is 5.76 Å². The summed E-state index contributed by atoms with van der Waals surface area (Å²) in [5.74, 6) is -0.684. The van der Waals surface area contributed by atoms with Gasteiger partial charge in [0.05, 0.1) is 18.6 Å². The Morgan fingerprint density at radius 2 is 2.12 bits per heavy atom. The van der Waals surface area contributed by atoms with E-state index in [2.05, 4.69) is 5.32 Å². The summed E-state index contributed by atoms with van der Waals surface area (Å²) >= 11 is 0. The molecule has 8 nitrogen and oxygen atoms in total. The maximum Gasteiger partial charge on any atom is 0.375 e. The first-order valence-electron chi connectivity index (χ1n) is 8.03. The minimum absolute atomic E-state index is 0.0181. The van der Waals surface area contributed by atoms with Crippen LogP contribution in [0.3, 0.4) is 0 Å². The Bertz CT molecular complexity index is 961. The molecule has 0 saturated carbocycles. The van der Waals surface area contributed by atoms with Gasteiger partial charge in [0.15, 0.2) is 16.4 Å². The maximum atomic E-state index is 12.2. The van der Waals surface area contributed by atoms with E-state index in [1.807, 2.05) is 0 Å². The topological polar surface area (TPSA) is 112 Å². The number of hydrogen-bond donors (Lipinski definition) is 1. The quantitative estimate of drug-likeness (QED) is 0.775. The second-order valence-corrected chi connectivity index (χ2v) is 8.39. The molecule has 1 amide bonds. The summed E-state index contributed by atoms with van der Waals surface area (Å²) in [7, 11) is -1.55. The van der Waals surface area contributed by atoms with Crippen LogP contribution < -0.4 is 10.1 Å². The molecule has 0 bridgehead atoms. The van der Waals surface area contributed by atoms with Crippen molar-refractivity contribution in [2.24, 2.45) is 0 Å². The predicted octanol–water partition coefficient (Wildman–Crippen LogP) is 1.21. The third kappa shape index (κ3) is 3.82. The van der Waals surface area contributed by atoms with Crippen LogP contribution in [-0.2, 0) is 19.4 Å². The Morgan fingerprint density at radius 1 is 1.35 bits per heavy atom. The molecule has 1 aliphatic rings. The first-order valence-corrected chi connectivity index (χ1v) is 9.85. The van der Waals surface area contributed by atoms with Gasteiger partial charge in [-0.3, -0.25) is 4.79 Å². The first-order chi connectivity index (χ1) is 12.3. The van der Waals surface area contributed by atoms with Crippen molar-refractivity contribution in [3.8, 4) is 5.75 Å². The molecule has 0 aliphatic carbocycles. The molecule has 26 heavy (non-hydrogen) atoms. The number of nitrogens with one attached hydrogen (secondary N) is 1. The van der Waals surface area contributed by atoms with E-state index < -0.39 is 34.4 Å². The van der Waals surface area contributed by atoms with Crippen molar-refractivity contribution in [1.29, 1.82) is 0 Å². The van der Waals surface area contributed by atoms with Crippen molar-refractivity contribution in [1.82, 2.24) is 5.32 Å². The van der Waals surface area contributed by atoms with Gasteiger partial charge >= 0.3 is 5.97 Å². The number of methoxy groups -OCH3 is 1. The number of benzene rings is 1. The summed E-state index contributed by atoms with van der Waals surface area (Å²) in [5, 5.41) is 3.27. The highest BCUT2D eigenvalue weighted by Crippen LogP contribution is 2.29. The summed E-state index contributed by atoms with van der Waals surface area (Å²) in [6.45, 7) is 1.21. The summed E-state index contributed by atoms with van der Waals surface area (Å²) in [6.07, 6.45) is 0.368. The highest BCUT2D eigenvalue weighted by atomic mass is 32.2. The molecule has 1 saturated heterocycles. The molecule has 1 unspecified atom stereocenters. The minimum Gasteiger partial charge on any atom is -0.497 e. The monoisotopic (exact) mass is 381 g/mol. The number of ether oxygens (including phenoxy) is 2. The number of aryl methyl sites for hydroxylation is 1. The van der Waals surface area contributed by atoms with Crippen molar-refractivity contribution >= 4 is 32.7 Å². The van der Waals surface area contributed by atoms with Crippen LogP contribution in [0.4, 0.5) is 0 Å². The maximum absolute atomic E-state index is 12.2. The summed E-state index contributed by atoms with van der Waals surface area (Å²) in [5.41, 5.74) is 1.10. The van der Waals surface area contributed by atoms with Gasteiger partial charge < -0.3 is 19.2 Å². The largest absolute Gasteiger partial charge is 0.497 e. The van der Waals surface area contributed by atoms with Gasteiger partial charge in [-0.15, -0.1) is 0 Å². The van der Waals surface area contributed by atoms with Crippen LogP contribution in [0, 0.1) is 6.92 Å². The normalized spacial score (nSPS) is 18.6. The lowest BCUT2D eigenvalue weighted by Gasteiger charge is -2.10. The second kappa shape index (κ2) is 6.99. The highest BCUT2D eigenvalue weighted by molar-refractivity contribution is 7.91. The number of rotatable bonds is 5. The Balaban J connectivity index is 1.62. The van der Waals surface area contributed by atoms with Gasteiger partial charge in [-0.2, -0.15) is 0 Å². The van der Waals surface area contributed by atoms with E-state index in [0.717, 1.165) is 5.39 Å².